The Bertz CT molecular complexity index is 568. The zero-order valence-electron chi connectivity index (χ0n) is 10.9. The quantitative estimate of drug-likeness (QED) is 0.643. The fourth-order valence-electron chi connectivity index (χ4n) is 1.39. The number of rotatable bonds is 3. The topological polar surface area (TPSA) is 113 Å². The van der Waals surface area contributed by atoms with Crippen molar-refractivity contribution in [2.45, 2.75) is 38.8 Å². The Morgan fingerprint density at radius 3 is 2.56 bits per heavy atom. The third-order valence-corrected chi connectivity index (χ3v) is 3.26. The van der Waals surface area contributed by atoms with Crippen LogP contribution in [-0.4, -0.2) is 36.2 Å². The molecule has 2 aromatic heterocycles. The standard InChI is InChI=1S/C11H18N6O/c1-10(2,11(3,4)18)17-8-6-7(14-5-13-6)15-9(12)16-8/h5,18H,1-4H3,(H4,12,13,14,15,16,17). The Morgan fingerprint density at radius 2 is 1.94 bits per heavy atom. The number of anilines is 2. The largest absolute Gasteiger partial charge is 0.388 e. The van der Waals surface area contributed by atoms with Gasteiger partial charge in [0.25, 0.3) is 0 Å². The number of aliphatic hydroxyl groups is 1. The maximum absolute atomic E-state index is 10.1. The first-order valence-corrected chi connectivity index (χ1v) is 5.68. The Kier molecular flexibility index (Phi) is 2.66. The molecule has 18 heavy (non-hydrogen) atoms. The number of hydrogen-bond donors (Lipinski definition) is 4. The maximum atomic E-state index is 10.1. The van der Waals surface area contributed by atoms with Gasteiger partial charge in [-0.2, -0.15) is 9.97 Å². The Balaban J connectivity index is 2.46. The molecule has 0 aromatic carbocycles. The summed E-state index contributed by atoms with van der Waals surface area (Å²) in [6, 6.07) is 0. The smallest absolute Gasteiger partial charge is 0.224 e. The van der Waals surface area contributed by atoms with Crippen molar-refractivity contribution in [3.05, 3.63) is 6.33 Å². The van der Waals surface area contributed by atoms with Gasteiger partial charge in [-0.3, -0.25) is 0 Å². The van der Waals surface area contributed by atoms with E-state index in [0.717, 1.165) is 0 Å². The van der Waals surface area contributed by atoms with Crippen molar-refractivity contribution in [3.63, 3.8) is 0 Å². The molecule has 0 aliphatic heterocycles. The summed E-state index contributed by atoms with van der Waals surface area (Å²) in [4.78, 5) is 15.2. The summed E-state index contributed by atoms with van der Waals surface area (Å²) in [5, 5.41) is 13.3. The molecule has 0 radical (unpaired) electrons. The Morgan fingerprint density at radius 1 is 1.28 bits per heavy atom. The van der Waals surface area contributed by atoms with Gasteiger partial charge in [0.1, 0.15) is 5.52 Å². The van der Waals surface area contributed by atoms with Gasteiger partial charge in [-0.1, -0.05) is 0 Å². The van der Waals surface area contributed by atoms with E-state index in [0.29, 0.717) is 17.0 Å². The van der Waals surface area contributed by atoms with Crippen molar-refractivity contribution in [3.8, 4) is 0 Å². The lowest BCUT2D eigenvalue weighted by molar-refractivity contribution is 0.0239. The van der Waals surface area contributed by atoms with Gasteiger partial charge >= 0.3 is 0 Å². The normalized spacial score (nSPS) is 12.9. The minimum atomic E-state index is -0.931. The van der Waals surface area contributed by atoms with E-state index in [1.165, 1.54) is 6.33 Å². The van der Waals surface area contributed by atoms with E-state index in [9.17, 15) is 5.11 Å². The van der Waals surface area contributed by atoms with Crippen molar-refractivity contribution < 1.29 is 5.11 Å². The minimum Gasteiger partial charge on any atom is -0.388 e. The molecular formula is C11H18N6O. The van der Waals surface area contributed by atoms with Crippen LogP contribution in [0.15, 0.2) is 6.33 Å². The summed E-state index contributed by atoms with van der Waals surface area (Å²) in [5.74, 6) is 0.672. The molecule has 0 aliphatic rings. The summed E-state index contributed by atoms with van der Waals surface area (Å²) < 4.78 is 0. The number of hydrogen-bond acceptors (Lipinski definition) is 6. The van der Waals surface area contributed by atoms with E-state index in [2.05, 4.69) is 25.3 Å². The molecule has 2 rings (SSSR count). The van der Waals surface area contributed by atoms with Crippen LogP contribution in [0.3, 0.4) is 0 Å². The van der Waals surface area contributed by atoms with Crippen molar-refractivity contribution in [1.29, 1.82) is 0 Å². The molecule has 7 nitrogen and oxygen atoms in total. The predicted octanol–water partition coefficient (Wildman–Crippen LogP) is 0.896. The van der Waals surface area contributed by atoms with Crippen LogP contribution in [0.25, 0.3) is 11.2 Å². The molecule has 2 heterocycles. The number of H-pyrrole nitrogens is 1. The molecule has 0 aliphatic carbocycles. The van der Waals surface area contributed by atoms with Crippen LogP contribution in [0.1, 0.15) is 27.7 Å². The average molecular weight is 250 g/mol. The Hall–Kier alpha value is -1.89. The van der Waals surface area contributed by atoms with Gasteiger partial charge in [0.05, 0.1) is 17.5 Å². The van der Waals surface area contributed by atoms with Gasteiger partial charge in [-0.05, 0) is 27.7 Å². The zero-order chi connectivity index (χ0) is 13.6. The van der Waals surface area contributed by atoms with Gasteiger partial charge in [0, 0.05) is 0 Å². The second kappa shape index (κ2) is 3.81. The summed E-state index contributed by atoms with van der Waals surface area (Å²) in [6.07, 6.45) is 1.53. The summed E-state index contributed by atoms with van der Waals surface area (Å²) in [7, 11) is 0. The lowest BCUT2D eigenvalue weighted by Gasteiger charge is -2.38. The molecule has 0 fully saturated rings. The number of aromatic amines is 1. The molecule has 2 aromatic rings. The summed E-state index contributed by atoms with van der Waals surface area (Å²) >= 11 is 0. The van der Waals surface area contributed by atoms with Crippen molar-refractivity contribution in [1.82, 2.24) is 19.9 Å². The highest BCUT2D eigenvalue weighted by molar-refractivity contribution is 5.83. The molecular weight excluding hydrogens is 232 g/mol. The van der Waals surface area contributed by atoms with E-state index >= 15 is 0 Å². The highest BCUT2D eigenvalue weighted by Crippen LogP contribution is 2.27. The molecule has 5 N–H and O–H groups in total. The van der Waals surface area contributed by atoms with Crippen LogP contribution in [0.2, 0.25) is 0 Å². The Labute approximate surface area is 105 Å². The lowest BCUT2D eigenvalue weighted by atomic mass is 9.86. The first kappa shape index (κ1) is 12.6. The van der Waals surface area contributed by atoms with Crippen molar-refractivity contribution >= 4 is 22.9 Å². The summed E-state index contributed by atoms with van der Waals surface area (Å²) in [6.45, 7) is 7.23. The molecule has 7 heteroatoms. The van der Waals surface area contributed by atoms with E-state index in [1.54, 1.807) is 13.8 Å². The monoisotopic (exact) mass is 250 g/mol. The van der Waals surface area contributed by atoms with Gasteiger partial charge < -0.3 is 21.1 Å². The third kappa shape index (κ3) is 2.08. The van der Waals surface area contributed by atoms with E-state index < -0.39 is 11.1 Å². The fourth-order valence-corrected chi connectivity index (χ4v) is 1.39. The predicted molar refractivity (Wildman–Crippen MR) is 70.1 cm³/mol. The first-order chi connectivity index (χ1) is 8.21. The highest BCUT2D eigenvalue weighted by atomic mass is 16.3. The van der Waals surface area contributed by atoms with Crippen LogP contribution in [0, 0.1) is 0 Å². The van der Waals surface area contributed by atoms with Crippen molar-refractivity contribution in [2.24, 2.45) is 0 Å². The van der Waals surface area contributed by atoms with Crippen LogP contribution >= 0.6 is 0 Å². The summed E-state index contributed by atoms with van der Waals surface area (Å²) in [5.41, 5.74) is 5.28. The van der Waals surface area contributed by atoms with E-state index in [4.69, 9.17) is 5.73 Å². The number of nitrogens with one attached hydrogen (secondary N) is 2. The van der Waals surface area contributed by atoms with Crippen molar-refractivity contribution in [2.75, 3.05) is 11.1 Å². The maximum Gasteiger partial charge on any atom is 0.224 e. The minimum absolute atomic E-state index is 0.142. The van der Waals surface area contributed by atoms with Crippen LogP contribution in [-0.2, 0) is 0 Å². The molecule has 0 amide bonds. The first-order valence-electron chi connectivity index (χ1n) is 5.68. The van der Waals surface area contributed by atoms with Gasteiger partial charge in [-0.25, -0.2) is 4.98 Å². The van der Waals surface area contributed by atoms with Gasteiger partial charge in [0.15, 0.2) is 11.5 Å². The third-order valence-electron chi connectivity index (χ3n) is 3.26. The van der Waals surface area contributed by atoms with E-state index in [1.807, 2.05) is 13.8 Å². The molecule has 0 saturated carbocycles. The lowest BCUT2D eigenvalue weighted by Crippen LogP contribution is -2.51. The highest BCUT2D eigenvalue weighted by Gasteiger charge is 2.35. The molecule has 0 unspecified atom stereocenters. The molecule has 98 valence electrons. The van der Waals surface area contributed by atoms with E-state index in [-0.39, 0.29) is 5.95 Å². The second-order valence-corrected chi connectivity index (χ2v) is 5.34. The number of nitrogens with zero attached hydrogens (tertiary/aromatic N) is 3. The average Bonchev–Trinajstić information content (AvgIpc) is 2.62. The number of nitrogens with two attached hydrogens (primary N) is 1. The molecule has 0 atom stereocenters. The number of aromatic nitrogens is 4. The van der Waals surface area contributed by atoms with Crippen LogP contribution < -0.4 is 11.1 Å². The molecule has 0 bridgehead atoms. The second-order valence-electron chi connectivity index (χ2n) is 5.34. The number of fused-ring (bicyclic) bond motifs is 1. The van der Waals surface area contributed by atoms with Crippen LogP contribution in [0.5, 0.6) is 0 Å². The molecule has 0 spiro atoms. The fraction of sp³-hybridized carbons (Fsp3) is 0.545. The number of imidazole rings is 1. The van der Waals surface area contributed by atoms with Gasteiger partial charge in [0.2, 0.25) is 5.95 Å². The van der Waals surface area contributed by atoms with Crippen LogP contribution in [0.4, 0.5) is 11.8 Å². The zero-order valence-corrected chi connectivity index (χ0v) is 10.9. The number of nitrogen functional groups attached to an aromatic ring is 1. The SMILES string of the molecule is CC(C)(O)C(C)(C)Nc1nc(N)nc2nc[nH]c12. The van der Waals surface area contributed by atoms with Gasteiger partial charge in [-0.15, -0.1) is 0 Å². The molecule has 0 saturated heterocycles.